The molecule has 0 fully saturated rings. The third kappa shape index (κ3) is 9.99. The number of carbonyl (C=O) groups is 3. The van der Waals surface area contributed by atoms with Crippen LogP contribution in [-0.2, 0) is 9.59 Å². The molecule has 0 atom stereocenters. The number of carboxylic acids is 2. The summed E-state index contributed by atoms with van der Waals surface area (Å²) < 4.78 is 31.7. The number of carboxylic acid groups (broad SMARTS) is 2. The van der Waals surface area contributed by atoms with Crippen LogP contribution in [0.4, 0.5) is 13.2 Å². The zero-order valence-electron chi connectivity index (χ0n) is 14.7. The molecule has 29 heavy (non-hydrogen) atoms. The second-order valence-electron chi connectivity index (χ2n) is 5.14. The number of aromatic nitrogens is 2. The lowest BCUT2D eigenvalue weighted by molar-refractivity contribution is -0.192. The van der Waals surface area contributed by atoms with Gasteiger partial charge in [0.2, 0.25) is 0 Å². The lowest BCUT2D eigenvalue weighted by Crippen LogP contribution is -2.25. The summed E-state index contributed by atoms with van der Waals surface area (Å²) in [5, 5.41) is 19.3. The Morgan fingerprint density at radius 2 is 1.76 bits per heavy atom. The van der Waals surface area contributed by atoms with E-state index in [-0.39, 0.29) is 12.3 Å². The highest BCUT2D eigenvalue weighted by atomic mass is 33.1. The van der Waals surface area contributed by atoms with Crippen LogP contribution in [0.3, 0.4) is 0 Å². The first-order chi connectivity index (χ1) is 13.6. The Morgan fingerprint density at radius 3 is 2.38 bits per heavy atom. The highest BCUT2D eigenvalue weighted by molar-refractivity contribution is 8.76. The van der Waals surface area contributed by atoms with Crippen LogP contribution < -0.4 is 5.32 Å². The quantitative estimate of drug-likeness (QED) is 0.410. The number of alkyl halides is 3. The van der Waals surface area contributed by atoms with Crippen molar-refractivity contribution in [3.05, 3.63) is 36.3 Å². The van der Waals surface area contributed by atoms with E-state index in [1.54, 1.807) is 41.5 Å². The molecule has 0 bridgehead atoms. The largest absolute Gasteiger partial charge is 0.490 e. The van der Waals surface area contributed by atoms with Crippen molar-refractivity contribution in [1.29, 1.82) is 0 Å². The van der Waals surface area contributed by atoms with Crippen molar-refractivity contribution in [2.24, 2.45) is 0 Å². The molecule has 0 aliphatic heterocycles. The van der Waals surface area contributed by atoms with Crippen LogP contribution in [-0.4, -0.2) is 62.3 Å². The number of fused-ring (bicyclic) bond motifs is 1. The Kier molecular flexibility index (Phi) is 10.2. The lowest BCUT2D eigenvalue weighted by Gasteiger charge is -2.05. The van der Waals surface area contributed by atoms with E-state index in [9.17, 15) is 22.8 Å². The van der Waals surface area contributed by atoms with Crippen LogP contribution in [0.25, 0.3) is 10.9 Å². The average molecular weight is 451 g/mol. The van der Waals surface area contributed by atoms with Gasteiger partial charge in [0.25, 0.3) is 5.91 Å². The number of halogens is 3. The molecule has 3 N–H and O–H groups in total. The van der Waals surface area contributed by atoms with Crippen LogP contribution in [0, 0.1) is 0 Å². The van der Waals surface area contributed by atoms with Crippen LogP contribution in [0.1, 0.15) is 16.8 Å². The summed E-state index contributed by atoms with van der Waals surface area (Å²) in [4.78, 5) is 39.5. The van der Waals surface area contributed by atoms with Crippen LogP contribution in [0.5, 0.6) is 0 Å². The van der Waals surface area contributed by atoms with Gasteiger partial charge >= 0.3 is 18.1 Å². The SMILES string of the molecule is O=C(O)C(F)(F)F.O=C(O)CCSSCCNC(=O)c1cnc2ccncc2c1. The zero-order chi connectivity index (χ0) is 21.9. The molecule has 0 saturated heterocycles. The predicted molar refractivity (Wildman–Crippen MR) is 103 cm³/mol. The molecule has 0 aliphatic rings. The predicted octanol–water partition coefficient (Wildman–Crippen LogP) is 2.85. The van der Waals surface area contributed by atoms with Gasteiger partial charge in [-0.3, -0.25) is 19.6 Å². The van der Waals surface area contributed by atoms with Crippen LogP contribution in [0.2, 0.25) is 0 Å². The minimum absolute atomic E-state index is 0.154. The lowest BCUT2D eigenvalue weighted by atomic mass is 10.2. The Bertz CT molecular complexity index is 852. The molecule has 0 aromatic carbocycles. The van der Waals surface area contributed by atoms with E-state index >= 15 is 0 Å². The van der Waals surface area contributed by atoms with Crippen molar-refractivity contribution in [2.75, 3.05) is 18.1 Å². The maximum Gasteiger partial charge on any atom is 0.490 e. The van der Waals surface area contributed by atoms with Gasteiger partial charge in [-0.25, -0.2) is 4.79 Å². The standard InChI is InChI=1S/C14H15N3O3S2.C2HF3O2/c18-13(19)2-5-21-22-6-4-16-14(20)11-7-10-8-15-3-1-12(10)17-9-11;3-2(4,5)1(6)7/h1,3,7-9H,2,4-6H2,(H,16,20)(H,18,19);(H,6,7). The first-order valence-electron chi connectivity index (χ1n) is 7.85. The van der Waals surface area contributed by atoms with E-state index in [1.165, 1.54) is 10.8 Å². The number of amides is 1. The highest BCUT2D eigenvalue weighted by Gasteiger charge is 2.38. The van der Waals surface area contributed by atoms with Crippen molar-refractivity contribution >= 4 is 50.3 Å². The molecule has 158 valence electrons. The van der Waals surface area contributed by atoms with Crippen molar-refractivity contribution < 1.29 is 37.8 Å². The summed E-state index contributed by atoms with van der Waals surface area (Å²) in [5.41, 5.74) is 1.31. The highest BCUT2D eigenvalue weighted by Crippen LogP contribution is 2.21. The van der Waals surface area contributed by atoms with Crippen LogP contribution >= 0.6 is 21.6 Å². The smallest absolute Gasteiger partial charge is 0.481 e. The zero-order valence-corrected chi connectivity index (χ0v) is 16.3. The molecule has 0 saturated carbocycles. The van der Waals surface area contributed by atoms with E-state index < -0.39 is 18.1 Å². The second kappa shape index (κ2) is 12.1. The minimum Gasteiger partial charge on any atom is -0.481 e. The van der Waals surface area contributed by atoms with E-state index in [0.29, 0.717) is 17.9 Å². The number of rotatable bonds is 8. The van der Waals surface area contributed by atoms with Gasteiger partial charge in [0.05, 0.1) is 17.5 Å². The van der Waals surface area contributed by atoms with Crippen molar-refractivity contribution in [1.82, 2.24) is 15.3 Å². The van der Waals surface area contributed by atoms with Gasteiger partial charge < -0.3 is 15.5 Å². The summed E-state index contributed by atoms with van der Waals surface area (Å²) in [6.07, 6.45) is -0.0460. The first-order valence-corrected chi connectivity index (χ1v) is 10.3. The number of pyridine rings is 2. The maximum absolute atomic E-state index is 12.0. The molecule has 0 spiro atoms. The van der Waals surface area contributed by atoms with Gasteiger partial charge in [-0.05, 0) is 12.1 Å². The molecule has 1 amide bonds. The maximum atomic E-state index is 12.0. The normalized spacial score (nSPS) is 10.7. The fourth-order valence-corrected chi connectivity index (χ4v) is 3.54. The topological polar surface area (TPSA) is 129 Å². The summed E-state index contributed by atoms with van der Waals surface area (Å²) in [6.45, 7) is 0.522. The van der Waals surface area contributed by atoms with E-state index in [0.717, 1.165) is 16.7 Å². The van der Waals surface area contributed by atoms with Gasteiger partial charge in [-0.15, -0.1) is 0 Å². The average Bonchev–Trinajstić information content (AvgIpc) is 2.66. The van der Waals surface area contributed by atoms with Crippen molar-refractivity contribution in [2.45, 2.75) is 12.6 Å². The number of aliphatic carboxylic acids is 2. The molecule has 2 heterocycles. The molecule has 0 aliphatic carbocycles. The van der Waals surface area contributed by atoms with Crippen LogP contribution in [0.15, 0.2) is 30.7 Å². The third-order valence-electron chi connectivity index (χ3n) is 2.94. The van der Waals surface area contributed by atoms with Gasteiger partial charge in [0.15, 0.2) is 0 Å². The van der Waals surface area contributed by atoms with Crippen molar-refractivity contribution in [3.8, 4) is 0 Å². The monoisotopic (exact) mass is 451 g/mol. The number of carbonyl (C=O) groups excluding carboxylic acids is 1. The van der Waals surface area contributed by atoms with Crippen molar-refractivity contribution in [3.63, 3.8) is 0 Å². The summed E-state index contributed by atoms with van der Waals surface area (Å²) in [6, 6.07) is 3.56. The first kappa shape index (κ1) is 24.5. The van der Waals surface area contributed by atoms with Gasteiger partial charge in [-0.2, -0.15) is 13.2 Å². The second-order valence-corrected chi connectivity index (χ2v) is 7.84. The van der Waals surface area contributed by atoms with Gasteiger partial charge in [0, 0.05) is 42.0 Å². The number of nitrogens with zero attached hydrogens (tertiary/aromatic N) is 2. The number of hydrogen-bond acceptors (Lipinski definition) is 7. The Balaban J connectivity index is 0.000000516. The fraction of sp³-hybridized carbons (Fsp3) is 0.312. The third-order valence-corrected chi connectivity index (χ3v) is 5.35. The molecule has 13 heteroatoms. The van der Waals surface area contributed by atoms with Gasteiger partial charge in [0.1, 0.15) is 0 Å². The van der Waals surface area contributed by atoms with E-state index in [4.69, 9.17) is 15.0 Å². The number of hydrogen-bond donors (Lipinski definition) is 3. The van der Waals surface area contributed by atoms with E-state index in [1.807, 2.05) is 0 Å². The fourth-order valence-electron chi connectivity index (χ4n) is 1.65. The summed E-state index contributed by atoms with van der Waals surface area (Å²) >= 11 is 0. The molecule has 2 rings (SSSR count). The summed E-state index contributed by atoms with van der Waals surface area (Å²) in [7, 11) is 3.04. The Hall–Kier alpha value is -2.54. The molecule has 0 radical (unpaired) electrons. The summed E-state index contributed by atoms with van der Waals surface area (Å²) in [5.74, 6) is -2.43. The molecule has 2 aromatic rings. The van der Waals surface area contributed by atoms with Gasteiger partial charge in [-0.1, -0.05) is 21.6 Å². The Morgan fingerprint density at radius 1 is 1.10 bits per heavy atom. The number of nitrogens with one attached hydrogen (secondary N) is 1. The molecule has 0 unspecified atom stereocenters. The molecular formula is C16H16F3N3O5S2. The molecule has 8 nitrogen and oxygen atoms in total. The molecular weight excluding hydrogens is 435 g/mol. The minimum atomic E-state index is -5.08. The van der Waals surface area contributed by atoms with E-state index in [2.05, 4.69) is 15.3 Å². The molecule has 2 aromatic heterocycles. The Labute approximate surface area is 170 Å².